The van der Waals surface area contributed by atoms with Crippen LogP contribution in [0.5, 0.6) is 0 Å². The van der Waals surface area contributed by atoms with Crippen molar-refractivity contribution in [3.8, 4) is 0 Å². The third kappa shape index (κ3) is 4.87. The van der Waals surface area contributed by atoms with Crippen molar-refractivity contribution in [3.05, 3.63) is 58.0 Å². The average Bonchev–Trinajstić information content (AvgIpc) is 3.05. The Morgan fingerprint density at radius 1 is 1.06 bits per heavy atom. The van der Waals surface area contributed by atoms with E-state index in [4.69, 9.17) is 0 Å². The van der Waals surface area contributed by atoms with Crippen molar-refractivity contribution in [1.82, 2.24) is 9.47 Å². The first kappa shape index (κ1) is 23.6. The van der Waals surface area contributed by atoms with Gasteiger partial charge in [-0.05, 0) is 31.0 Å². The maximum atomic E-state index is 13.0. The van der Waals surface area contributed by atoms with E-state index in [1.807, 2.05) is 0 Å². The molecule has 0 aliphatic carbocycles. The van der Waals surface area contributed by atoms with E-state index in [-0.39, 0.29) is 17.2 Å². The number of rotatable bonds is 5. The lowest BCUT2D eigenvalue weighted by molar-refractivity contribution is 0.0760. The minimum absolute atomic E-state index is 0.179. The van der Waals surface area contributed by atoms with Crippen molar-refractivity contribution in [2.45, 2.75) is 36.3 Å². The number of pyridine rings is 1. The van der Waals surface area contributed by atoms with Crippen LogP contribution in [0.15, 0.2) is 46.2 Å². The molecule has 8 nitrogen and oxygen atoms in total. The third-order valence-electron chi connectivity index (χ3n) is 5.24. The number of aromatic nitrogens is 1. The van der Waals surface area contributed by atoms with Gasteiger partial charge in [0.05, 0.1) is 16.0 Å². The molecule has 11 heteroatoms. The number of likely N-dealkylation sites (tertiary alicyclic amines) is 1. The minimum Gasteiger partial charge on any atom is -0.339 e. The number of alkyl halides is 2. The Bertz CT molecular complexity index is 1190. The first-order valence-electron chi connectivity index (χ1n) is 10.1. The highest BCUT2D eigenvalue weighted by atomic mass is 32.2. The number of nitrogens with zero attached hydrogens (tertiary/aromatic N) is 2. The summed E-state index contributed by atoms with van der Waals surface area (Å²) in [5, 5.41) is 2.28. The summed E-state index contributed by atoms with van der Waals surface area (Å²) in [4.78, 5) is 39.0. The topological polar surface area (TPSA) is 106 Å². The van der Waals surface area contributed by atoms with Gasteiger partial charge in [0.2, 0.25) is 9.84 Å². The molecular weight excluding hydrogens is 444 g/mol. The van der Waals surface area contributed by atoms with E-state index < -0.39 is 37.5 Å². The van der Waals surface area contributed by atoms with Gasteiger partial charge in [-0.3, -0.25) is 14.4 Å². The van der Waals surface area contributed by atoms with Crippen molar-refractivity contribution >= 4 is 27.3 Å². The predicted molar refractivity (Wildman–Crippen MR) is 114 cm³/mol. The summed E-state index contributed by atoms with van der Waals surface area (Å²) in [6.45, 7) is 1.17. The number of carbonyl (C=O) groups excluding carboxylic acids is 2. The number of nitrogens with one attached hydrogen (secondary N) is 1. The van der Waals surface area contributed by atoms with Gasteiger partial charge in [-0.2, -0.15) is 8.78 Å². The molecule has 0 bridgehead atoms. The fourth-order valence-electron chi connectivity index (χ4n) is 3.56. The average molecular weight is 467 g/mol. The van der Waals surface area contributed by atoms with Gasteiger partial charge in [-0.1, -0.05) is 25.0 Å². The molecule has 172 valence electrons. The molecule has 1 aliphatic heterocycles. The summed E-state index contributed by atoms with van der Waals surface area (Å²) in [6.07, 6.45) is 5.16. The Kier molecular flexibility index (Phi) is 7.07. The van der Waals surface area contributed by atoms with Crippen LogP contribution in [0.3, 0.4) is 0 Å². The van der Waals surface area contributed by atoms with Crippen LogP contribution in [-0.2, 0) is 16.9 Å². The normalized spacial score (nSPS) is 14.8. The van der Waals surface area contributed by atoms with Crippen LogP contribution in [0.25, 0.3) is 0 Å². The number of amides is 2. The van der Waals surface area contributed by atoms with E-state index in [2.05, 4.69) is 5.32 Å². The molecule has 0 unspecified atom stereocenters. The van der Waals surface area contributed by atoms with Gasteiger partial charge in [0.15, 0.2) is 0 Å². The van der Waals surface area contributed by atoms with Gasteiger partial charge in [0.1, 0.15) is 5.69 Å². The predicted octanol–water partition coefficient (Wildman–Crippen LogP) is 2.65. The fraction of sp³-hybridized carbons (Fsp3) is 0.381. The quantitative estimate of drug-likeness (QED) is 0.728. The second-order valence-electron chi connectivity index (χ2n) is 7.52. The molecule has 1 N–H and O–H groups in total. The number of hydrogen-bond acceptors (Lipinski definition) is 5. The molecule has 3 rings (SSSR count). The second-order valence-corrected chi connectivity index (χ2v) is 9.41. The highest BCUT2D eigenvalue weighted by Gasteiger charge is 2.31. The van der Waals surface area contributed by atoms with Gasteiger partial charge in [-0.25, -0.2) is 8.42 Å². The van der Waals surface area contributed by atoms with Crippen molar-refractivity contribution in [3.63, 3.8) is 0 Å². The van der Waals surface area contributed by atoms with Crippen LogP contribution in [0.1, 0.15) is 46.4 Å². The van der Waals surface area contributed by atoms with Crippen LogP contribution < -0.4 is 10.9 Å². The highest BCUT2D eigenvalue weighted by molar-refractivity contribution is 7.91. The molecule has 1 aromatic carbocycles. The summed E-state index contributed by atoms with van der Waals surface area (Å²) in [5.74, 6) is -5.06. The molecule has 0 radical (unpaired) electrons. The molecule has 1 aliphatic rings. The summed E-state index contributed by atoms with van der Waals surface area (Å²) in [6, 6.07) is 5.72. The first-order chi connectivity index (χ1) is 15.1. The number of halogens is 2. The zero-order chi connectivity index (χ0) is 23.5. The van der Waals surface area contributed by atoms with E-state index in [9.17, 15) is 31.6 Å². The standard InChI is InChI=1S/C21H23F2N3O5S/c1-25-13-14(19(28)26-10-6-2-3-7-11-26)12-16(20(25)29)24-18(27)15-8-4-5-9-17(15)32(30,31)21(22)23/h4-5,8-9,12-13,21H,2-3,6-7,10-11H2,1H3,(H,24,27). The molecule has 2 heterocycles. The van der Waals surface area contributed by atoms with Crippen LogP contribution in [0, 0.1) is 0 Å². The monoisotopic (exact) mass is 467 g/mol. The zero-order valence-corrected chi connectivity index (χ0v) is 18.2. The van der Waals surface area contributed by atoms with Crippen molar-refractivity contribution in [2.24, 2.45) is 7.05 Å². The summed E-state index contributed by atoms with van der Waals surface area (Å²) in [7, 11) is -3.63. The van der Waals surface area contributed by atoms with Crippen molar-refractivity contribution in [2.75, 3.05) is 18.4 Å². The molecule has 0 saturated carbocycles. The number of anilines is 1. The number of carbonyl (C=O) groups is 2. The summed E-state index contributed by atoms with van der Waals surface area (Å²) >= 11 is 0. The summed E-state index contributed by atoms with van der Waals surface area (Å²) < 4.78 is 51.0. The van der Waals surface area contributed by atoms with Crippen LogP contribution >= 0.6 is 0 Å². The van der Waals surface area contributed by atoms with Crippen LogP contribution in [0.2, 0.25) is 0 Å². The van der Waals surface area contributed by atoms with E-state index >= 15 is 0 Å². The van der Waals surface area contributed by atoms with E-state index in [1.54, 1.807) is 4.90 Å². The smallest absolute Gasteiger partial charge is 0.339 e. The molecule has 2 amide bonds. The molecule has 1 saturated heterocycles. The van der Waals surface area contributed by atoms with Crippen molar-refractivity contribution in [1.29, 1.82) is 0 Å². The Balaban J connectivity index is 1.94. The number of aryl methyl sites for hydroxylation is 1. The minimum atomic E-state index is -5.04. The van der Waals surface area contributed by atoms with Gasteiger partial charge in [-0.15, -0.1) is 0 Å². The van der Waals surface area contributed by atoms with Crippen LogP contribution in [0.4, 0.5) is 14.5 Å². The Labute approximate surface area is 183 Å². The van der Waals surface area contributed by atoms with Crippen LogP contribution in [-0.4, -0.2) is 48.5 Å². The van der Waals surface area contributed by atoms with Gasteiger partial charge in [0.25, 0.3) is 17.4 Å². The SMILES string of the molecule is Cn1cc(C(=O)N2CCCCCC2)cc(NC(=O)c2ccccc2S(=O)(=O)C(F)F)c1=O. The van der Waals surface area contributed by atoms with Gasteiger partial charge in [0, 0.05) is 26.3 Å². The molecular formula is C21H23F2N3O5S. The number of hydrogen-bond donors (Lipinski definition) is 1. The van der Waals surface area contributed by atoms with E-state index in [0.29, 0.717) is 13.1 Å². The molecule has 0 spiro atoms. The zero-order valence-electron chi connectivity index (χ0n) is 17.4. The molecule has 0 atom stereocenters. The first-order valence-corrected chi connectivity index (χ1v) is 11.6. The molecule has 1 fully saturated rings. The lowest BCUT2D eigenvalue weighted by Gasteiger charge is -2.21. The van der Waals surface area contributed by atoms with E-state index in [0.717, 1.165) is 42.4 Å². The molecule has 32 heavy (non-hydrogen) atoms. The second kappa shape index (κ2) is 9.60. The summed E-state index contributed by atoms with van der Waals surface area (Å²) in [5.41, 5.74) is -1.25. The highest BCUT2D eigenvalue weighted by Crippen LogP contribution is 2.23. The van der Waals surface area contributed by atoms with Crippen molar-refractivity contribution < 1.29 is 26.8 Å². The van der Waals surface area contributed by atoms with Gasteiger partial charge >= 0.3 is 5.76 Å². The van der Waals surface area contributed by atoms with Gasteiger partial charge < -0.3 is 14.8 Å². The maximum absolute atomic E-state index is 13.0. The molecule has 1 aromatic heterocycles. The largest absolute Gasteiger partial charge is 0.341 e. The van der Waals surface area contributed by atoms with E-state index in [1.165, 1.54) is 31.4 Å². The molecule has 2 aromatic rings. The lowest BCUT2D eigenvalue weighted by Crippen LogP contribution is -2.33. The third-order valence-corrected chi connectivity index (χ3v) is 6.68. The number of benzene rings is 1. The maximum Gasteiger partial charge on any atom is 0.341 e. The number of sulfone groups is 1. The fourth-order valence-corrected chi connectivity index (χ4v) is 4.49. The Hall–Kier alpha value is -3.08. The Morgan fingerprint density at radius 2 is 1.69 bits per heavy atom. The lowest BCUT2D eigenvalue weighted by atomic mass is 10.2. The Morgan fingerprint density at radius 3 is 2.31 bits per heavy atom.